The maximum Gasteiger partial charge on any atom is 0.275 e. The van der Waals surface area contributed by atoms with Gasteiger partial charge in [-0.05, 0) is 6.42 Å². The molecule has 1 aromatic heterocycles. The molecule has 1 aliphatic rings. The Morgan fingerprint density at radius 2 is 2.44 bits per heavy atom. The molecule has 0 unspecified atom stereocenters. The zero-order valence-corrected chi connectivity index (χ0v) is 10.8. The van der Waals surface area contributed by atoms with Gasteiger partial charge in [0, 0.05) is 40.4 Å². The van der Waals surface area contributed by atoms with Crippen LogP contribution in [0.5, 0.6) is 0 Å². The lowest BCUT2D eigenvalue weighted by Gasteiger charge is -2.26. The fourth-order valence-electron chi connectivity index (χ4n) is 1.76. The summed E-state index contributed by atoms with van der Waals surface area (Å²) in [6.45, 7) is 3.09. The summed E-state index contributed by atoms with van der Waals surface area (Å²) in [5.74, 6) is -0.0929. The molecule has 0 bridgehead atoms. The molecule has 0 radical (unpaired) electrons. The second-order valence-corrected chi connectivity index (χ2v) is 4.47. The van der Waals surface area contributed by atoms with Crippen molar-refractivity contribution in [1.29, 1.82) is 0 Å². The molecule has 2 rings (SSSR count). The molecule has 1 amide bonds. The van der Waals surface area contributed by atoms with Gasteiger partial charge in [0.25, 0.3) is 5.91 Å². The first-order valence-corrected chi connectivity index (χ1v) is 6.09. The van der Waals surface area contributed by atoms with Gasteiger partial charge < -0.3 is 15.0 Å². The van der Waals surface area contributed by atoms with Gasteiger partial charge in [0.1, 0.15) is 0 Å². The SMILES string of the molecule is COCCCN(C)C(=O)c1cn(C2CNC2)nn1. The third-order valence-corrected chi connectivity index (χ3v) is 3.05. The van der Waals surface area contributed by atoms with Gasteiger partial charge in [-0.1, -0.05) is 5.21 Å². The van der Waals surface area contributed by atoms with E-state index in [2.05, 4.69) is 15.6 Å². The number of carbonyl (C=O) groups is 1. The van der Waals surface area contributed by atoms with Gasteiger partial charge in [-0.25, -0.2) is 4.68 Å². The summed E-state index contributed by atoms with van der Waals surface area (Å²) in [6, 6.07) is 0.331. The van der Waals surface area contributed by atoms with E-state index in [1.807, 2.05) is 0 Å². The highest BCUT2D eigenvalue weighted by Crippen LogP contribution is 2.10. The summed E-state index contributed by atoms with van der Waals surface area (Å²) in [4.78, 5) is 13.7. The standard InChI is InChI=1S/C11H19N5O2/c1-15(4-3-5-18-2)11(17)10-8-16(14-13-10)9-6-12-7-9/h8-9,12H,3-7H2,1-2H3. The van der Waals surface area contributed by atoms with Crippen molar-refractivity contribution in [2.75, 3.05) is 40.4 Å². The van der Waals surface area contributed by atoms with Crippen molar-refractivity contribution >= 4 is 5.91 Å². The predicted molar refractivity (Wildman–Crippen MR) is 65.4 cm³/mol. The number of methoxy groups -OCH3 is 1. The van der Waals surface area contributed by atoms with Gasteiger partial charge in [0.05, 0.1) is 12.2 Å². The van der Waals surface area contributed by atoms with Crippen LogP contribution in [0.15, 0.2) is 6.20 Å². The number of nitrogens with one attached hydrogen (secondary N) is 1. The Balaban J connectivity index is 1.89. The number of ether oxygens (including phenoxy) is 1. The van der Waals surface area contributed by atoms with Crippen molar-refractivity contribution < 1.29 is 9.53 Å². The highest BCUT2D eigenvalue weighted by molar-refractivity contribution is 5.91. The summed E-state index contributed by atoms with van der Waals surface area (Å²) in [7, 11) is 3.42. The van der Waals surface area contributed by atoms with E-state index in [0.717, 1.165) is 19.5 Å². The number of hydrogen-bond acceptors (Lipinski definition) is 5. The molecule has 2 heterocycles. The Morgan fingerprint density at radius 3 is 3.06 bits per heavy atom. The van der Waals surface area contributed by atoms with Gasteiger partial charge in [-0.3, -0.25) is 4.79 Å². The molecule has 7 nitrogen and oxygen atoms in total. The van der Waals surface area contributed by atoms with Crippen LogP contribution in [0.3, 0.4) is 0 Å². The van der Waals surface area contributed by atoms with E-state index in [0.29, 0.717) is 24.9 Å². The molecular weight excluding hydrogens is 234 g/mol. The van der Waals surface area contributed by atoms with E-state index in [-0.39, 0.29) is 5.91 Å². The number of hydrogen-bond donors (Lipinski definition) is 1. The number of amides is 1. The molecule has 100 valence electrons. The Bertz CT molecular complexity index is 402. The highest BCUT2D eigenvalue weighted by atomic mass is 16.5. The predicted octanol–water partition coefficient (Wildman–Crippen LogP) is -0.469. The first-order chi connectivity index (χ1) is 8.72. The van der Waals surface area contributed by atoms with Crippen LogP contribution in [0.4, 0.5) is 0 Å². The fraction of sp³-hybridized carbons (Fsp3) is 0.727. The van der Waals surface area contributed by atoms with Crippen LogP contribution in [-0.2, 0) is 4.74 Å². The van der Waals surface area contributed by atoms with Crippen LogP contribution >= 0.6 is 0 Å². The van der Waals surface area contributed by atoms with Crippen molar-refractivity contribution in [2.24, 2.45) is 0 Å². The third-order valence-electron chi connectivity index (χ3n) is 3.05. The van der Waals surface area contributed by atoms with Gasteiger partial charge in [0.15, 0.2) is 5.69 Å². The number of rotatable bonds is 6. The molecule has 0 aliphatic carbocycles. The van der Waals surface area contributed by atoms with Gasteiger partial charge in [-0.2, -0.15) is 0 Å². The van der Waals surface area contributed by atoms with Crippen LogP contribution in [-0.4, -0.2) is 66.2 Å². The van der Waals surface area contributed by atoms with Gasteiger partial charge in [-0.15, -0.1) is 5.10 Å². The number of nitrogens with zero attached hydrogens (tertiary/aromatic N) is 4. The quantitative estimate of drug-likeness (QED) is 0.694. The lowest BCUT2D eigenvalue weighted by Crippen LogP contribution is -2.43. The zero-order chi connectivity index (χ0) is 13.0. The smallest absolute Gasteiger partial charge is 0.275 e. The molecule has 1 aromatic rings. The lowest BCUT2D eigenvalue weighted by atomic mass is 10.2. The van der Waals surface area contributed by atoms with Crippen LogP contribution in [0, 0.1) is 0 Å². The van der Waals surface area contributed by atoms with E-state index < -0.39 is 0 Å². The Kier molecular flexibility index (Phi) is 4.27. The number of aromatic nitrogens is 3. The van der Waals surface area contributed by atoms with Crippen molar-refractivity contribution in [3.05, 3.63) is 11.9 Å². The molecule has 1 fully saturated rings. The molecule has 0 spiro atoms. The molecule has 1 saturated heterocycles. The Labute approximate surface area is 106 Å². The summed E-state index contributed by atoms with van der Waals surface area (Å²) in [5.41, 5.74) is 0.404. The van der Waals surface area contributed by atoms with Crippen molar-refractivity contribution in [2.45, 2.75) is 12.5 Å². The summed E-state index contributed by atoms with van der Waals surface area (Å²) in [6.07, 6.45) is 2.54. The van der Waals surface area contributed by atoms with Crippen molar-refractivity contribution in [1.82, 2.24) is 25.2 Å². The molecule has 1 N–H and O–H groups in total. The monoisotopic (exact) mass is 253 g/mol. The maximum atomic E-state index is 12.0. The third kappa shape index (κ3) is 2.85. The van der Waals surface area contributed by atoms with Crippen molar-refractivity contribution in [3.8, 4) is 0 Å². The minimum absolute atomic E-state index is 0.0929. The topological polar surface area (TPSA) is 72.3 Å². The average molecular weight is 253 g/mol. The zero-order valence-electron chi connectivity index (χ0n) is 10.8. The molecule has 18 heavy (non-hydrogen) atoms. The van der Waals surface area contributed by atoms with E-state index >= 15 is 0 Å². The molecule has 0 aromatic carbocycles. The highest BCUT2D eigenvalue weighted by Gasteiger charge is 2.22. The Morgan fingerprint density at radius 1 is 1.67 bits per heavy atom. The molecule has 0 atom stereocenters. The minimum atomic E-state index is -0.0929. The Hall–Kier alpha value is -1.47. The summed E-state index contributed by atoms with van der Waals surface area (Å²) in [5, 5.41) is 11.1. The first kappa shape index (κ1) is 13.0. The normalized spacial score (nSPS) is 15.4. The van der Waals surface area contributed by atoms with Gasteiger partial charge in [0.2, 0.25) is 0 Å². The largest absolute Gasteiger partial charge is 0.385 e. The molecule has 1 aliphatic heterocycles. The second-order valence-electron chi connectivity index (χ2n) is 4.47. The van der Waals surface area contributed by atoms with Crippen molar-refractivity contribution in [3.63, 3.8) is 0 Å². The molecule has 7 heteroatoms. The summed E-state index contributed by atoms with van der Waals surface area (Å²) >= 11 is 0. The fourth-order valence-corrected chi connectivity index (χ4v) is 1.76. The molecular formula is C11H19N5O2. The lowest BCUT2D eigenvalue weighted by molar-refractivity contribution is 0.0773. The van der Waals surface area contributed by atoms with Gasteiger partial charge >= 0.3 is 0 Å². The van der Waals surface area contributed by atoms with Crippen LogP contribution in [0.1, 0.15) is 23.0 Å². The van der Waals surface area contributed by atoms with E-state index in [1.54, 1.807) is 29.9 Å². The first-order valence-electron chi connectivity index (χ1n) is 6.09. The van der Waals surface area contributed by atoms with E-state index in [9.17, 15) is 4.79 Å². The second kappa shape index (κ2) is 5.92. The maximum absolute atomic E-state index is 12.0. The number of carbonyl (C=O) groups excluding carboxylic acids is 1. The van der Waals surface area contributed by atoms with Crippen LogP contribution in [0.2, 0.25) is 0 Å². The molecule has 0 saturated carbocycles. The van der Waals surface area contributed by atoms with Crippen LogP contribution < -0.4 is 5.32 Å². The van der Waals surface area contributed by atoms with E-state index in [4.69, 9.17) is 4.74 Å². The average Bonchev–Trinajstić information content (AvgIpc) is 2.75. The van der Waals surface area contributed by atoms with Crippen LogP contribution in [0.25, 0.3) is 0 Å². The van der Waals surface area contributed by atoms with E-state index in [1.165, 1.54) is 0 Å². The summed E-state index contributed by atoms with van der Waals surface area (Å²) < 4.78 is 6.72. The minimum Gasteiger partial charge on any atom is -0.385 e.